The second-order valence-corrected chi connectivity index (χ2v) is 5.34. The van der Waals surface area contributed by atoms with Gasteiger partial charge >= 0.3 is 0 Å². The van der Waals surface area contributed by atoms with Gasteiger partial charge in [0, 0.05) is 30.6 Å². The molecule has 4 heteroatoms. The quantitative estimate of drug-likeness (QED) is 0.792. The highest BCUT2D eigenvalue weighted by atomic mass is 32.1. The molecular formula is C12H20N2OS. The van der Waals surface area contributed by atoms with Gasteiger partial charge in [0.2, 0.25) is 0 Å². The summed E-state index contributed by atoms with van der Waals surface area (Å²) in [7, 11) is 1.83. The molecule has 1 aromatic rings. The average Bonchev–Trinajstić information content (AvgIpc) is 2.97. The highest BCUT2D eigenvalue weighted by Crippen LogP contribution is 2.36. The highest BCUT2D eigenvalue weighted by molar-refractivity contribution is 7.09. The lowest BCUT2D eigenvalue weighted by molar-refractivity contribution is 0.0518. The van der Waals surface area contributed by atoms with Crippen LogP contribution in [-0.2, 0) is 11.2 Å². The van der Waals surface area contributed by atoms with Crippen LogP contribution in [0.5, 0.6) is 0 Å². The number of likely N-dealkylation sites (N-methyl/N-ethyl adjacent to an activating group) is 1. The van der Waals surface area contributed by atoms with Crippen molar-refractivity contribution in [1.82, 2.24) is 10.3 Å². The number of aromatic nitrogens is 1. The molecule has 3 nitrogen and oxygen atoms in total. The lowest BCUT2D eigenvalue weighted by Crippen LogP contribution is -2.43. The molecule has 0 aliphatic heterocycles. The normalized spacial score (nSPS) is 19.6. The van der Waals surface area contributed by atoms with E-state index in [1.165, 1.54) is 17.7 Å². The number of thiazole rings is 1. The fourth-order valence-corrected chi connectivity index (χ4v) is 2.89. The van der Waals surface area contributed by atoms with Gasteiger partial charge in [-0.15, -0.1) is 11.3 Å². The molecule has 0 aromatic carbocycles. The van der Waals surface area contributed by atoms with Crippen molar-refractivity contribution < 1.29 is 4.74 Å². The van der Waals surface area contributed by atoms with Crippen molar-refractivity contribution in [1.29, 1.82) is 0 Å². The van der Waals surface area contributed by atoms with E-state index in [-0.39, 0.29) is 0 Å². The molecule has 1 heterocycles. The fraction of sp³-hybridized carbons (Fsp3) is 0.750. The summed E-state index contributed by atoms with van der Waals surface area (Å²) >= 11 is 1.73. The molecule has 1 aliphatic rings. The molecule has 2 unspecified atom stereocenters. The Morgan fingerprint density at radius 2 is 2.44 bits per heavy atom. The van der Waals surface area contributed by atoms with Gasteiger partial charge in [0.05, 0.1) is 11.6 Å². The first-order chi connectivity index (χ1) is 7.85. The standard InChI is InChI=1S/C12H20N2OS/c1-3-14-11(6-10-7-13-8-16-10)12(15-2)9-4-5-9/h7-9,11-12,14H,3-6H2,1-2H3. The lowest BCUT2D eigenvalue weighted by Gasteiger charge is -2.26. The third-order valence-corrected chi connectivity index (χ3v) is 3.93. The predicted molar refractivity (Wildman–Crippen MR) is 66.8 cm³/mol. The summed E-state index contributed by atoms with van der Waals surface area (Å²) in [6, 6.07) is 0.433. The zero-order valence-electron chi connectivity index (χ0n) is 9.98. The van der Waals surface area contributed by atoms with Gasteiger partial charge in [-0.25, -0.2) is 0 Å². The molecule has 1 fully saturated rings. The Bertz CT molecular complexity index is 298. The van der Waals surface area contributed by atoms with Gasteiger partial charge in [-0.2, -0.15) is 0 Å². The second-order valence-electron chi connectivity index (χ2n) is 4.37. The number of hydrogen-bond donors (Lipinski definition) is 1. The van der Waals surface area contributed by atoms with Gasteiger partial charge in [0.25, 0.3) is 0 Å². The maximum absolute atomic E-state index is 5.66. The molecule has 1 aliphatic carbocycles. The topological polar surface area (TPSA) is 34.2 Å². The molecule has 0 spiro atoms. The third-order valence-electron chi connectivity index (χ3n) is 3.13. The molecule has 2 rings (SSSR count). The Kier molecular flexibility index (Phi) is 4.32. The molecule has 1 aromatic heterocycles. The van der Waals surface area contributed by atoms with Crippen molar-refractivity contribution in [3.63, 3.8) is 0 Å². The first-order valence-electron chi connectivity index (χ1n) is 5.98. The number of ether oxygens (including phenoxy) is 1. The Morgan fingerprint density at radius 1 is 1.62 bits per heavy atom. The van der Waals surface area contributed by atoms with E-state index in [4.69, 9.17) is 4.74 Å². The van der Waals surface area contributed by atoms with Crippen molar-refractivity contribution in [2.45, 2.75) is 38.3 Å². The minimum Gasteiger partial charge on any atom is -0.380 e. The van der Waals surface area contributed by atoms with Gasteiger partial charge in [0.1, 0.15) is 0 Å². The maximum atomic E-state index is 5.66. The Balaban J connectivity index is 1.97. The molecule has 1 N–H and O–H groups in total. The van der Waals surface area contributed by atoms with Crippen molar-refractivity contribution >= 4 is 11.3 Å². The van der Waals surface area contributed by atoms with Crippen LogP contribution < -0.4 is 5.32 Å². The number of hydrogen-bond acceptors (Lipinski definition) is 4. The molecule has 90 valence electrons. The molecule has 1 saturated carbocycles. The highest BCUT2D eigenvalue weighted by Gasteiger charge is 2.36. The number of nitrogens with zero attached hydrogens (tertiary/aromatic N) is 1. The SMILES string of the molecule is CCNC(Cc1cncs1)C(OC)C1CC1. The Labute approximate surface area is 101 Å². The maximum Gasteiger partial charge on any atom is 0.0794 e. The zero-order valence-corrected chi connectivity index (χ0v) is 10.8. The summed E-state index contributed by atoms with van der Waals surface area (Å²) in [4.78, 5) is 5.47. The second kappa shape index (κ2) is 5.75. The van der Waals surface area contributed by atoms with Crippen molar-refractivity contribution in [2.24, 2.45) is 5.92 Å². The predicted octanol–water partition coefficient (Wildman–Crippen LogP) is 2.09. The Hall–Kier alpha value is -0.450. The molecule has 0 bridgehead atoms. The summed E-state index contributed by atoms with van der Waals surface area (Å²) in [6.45, 7) is 3.15. The largest absolute Gasteiger partial charge is 0.380 e. The molecule has 16 heavy (non-hydrogen) atoms. The van der Waals surface area contributed by atoms with Crippen LogP contribution in [0.3, 0.4) is 0 Å². The van der Waals surface area contributed by atoms with Crippen LogP contribution in [0.4, 0.5) is 0 Å². The van der Waals surface area contributed by atoms with E-state index < -0.39 is 0 Å². The van der Waals surface area contributed by atoms with Gasteiger partial charge < -0.3 is 10.1 Å². The number of nitrogens with one attached hydrogen (secondary N) is 1. The van der Waals surface area contributed by atoms with Crippen LogP contribution in [0.25, 0.3) is 0 Å². The lowest BCUT2D eigenvalue weighted by atomic mass is 10.0. The van der Waals surface area contributed by atoms with Gasteiger partial charge in [-0.3, -0.25) is 4.98 Å². The van der Waals surface area contributed by atoms with E-state index in [0.29, 0.717) is 12.1 Å². The van der Waals surface area contributed by atoms with E-state index in [1.54, 1.807) is 11.3 Å². The minimum absolute atomic E-state index is 0.363. The van der Waals surface area contributed by atoms with E-state index >= 15 is 0 Å². The summed E-state index contributed by atoms with van der Waals surface area (Å²) in [5, 5.41) is 3.55. The van der Waals surface area contributed by atoms with Gasteiger partial charge in [0.15, 0.2) is 0 Å². The summed E-state index contributed by atoms with van der Waals surface area (Å²) < 4.78 is 5.66. The number of rotatable bonds is 7. The van der Waals surface area contributed by atoms with Crippen molar-refractivity contribution in [2.75, 3.05) is 13.7 Å². The fourth-order valence-electron chi connectivity index (χ4n) is 2.24. The van der Waals surface area contributed by atoms with Crippen LogP contribution in [0.1, 0.15) is 24.6 Å². The molecule has 0 saturated heterocycles. The molecule has 0 radical (unpaired) electrons. The van der Waals surface area contributed by atoms with Crippen LogP contribution >= 0.6 is 11.3 Å². The average molecular weight is 240 g/mol. The van der Waals surface area contributed by atoms with Crippen molar-refractivity contribution in [3.8, 4) is 0 Å². The van der Waals surface area contributed by atoms with Crippen LogP contribution in [0.15, 0.2) is 11.7 Å². The molecule has 0 amide bonds. The smallest absolute Gasteiger partial charge is 0.0794 e. The first kappa shape index (κ1) is 12.0. The van der Waals surface area contributed by atoms with Crippen LogP contribution in [0.2, 0.25) is 0 Å². The van der Waals surface area contributed by atoms with E-state index in [1.807, 2.05) is 18.8 Å². The van der Waals surface area contributed by atoms with E-state index in [9.17, 15) is 0 Å². The summed E-state index contributed by atoms with van der Waals surface area (Å²) in [5.41, 5.74) is 1.90. The number of methoxy groups -OCH3 is 1. The summed E-state index contributed by atoms with van der Waals surface area (Å²) in [6.07, 6.45) is 6.01. The van der Waals surface area contributed by atoms with Gasteiger partial charge in [-0.1, -0.05) is 6.92 Å². The third kappa shape index (κ3) is 3.03. The zero-order chi connectivity index (χ0) is 11.4. The first-order valence-corrected chi connectivity index (χ1v) is 6.86. The van der Waals surface area contributed by atoms with E-state index in [2.05, 4.69) is 17.2 Å². The Morgan fingerprint density at radius 3 is 2.94 bits per heavy atom. The minimum atomic E-state index is 0.363. The van der Waals surface area contributed by atoms with Crippen molar-refractivity contribution in [3.05, 3.63) is 16.6 Å². The summed E-state index contributed by atoms with van der Waals surface area (Å²) in [5.74, 6) is 0.766. The molecule has 2 atom stereocenters. The van der Waals surface area contributed by atoms with Crippen LogP contribution in [0, 0.1) is 5.92 Å². The van der Waals surface area contributed by atoms with Gasteiger partial charge in [-0.05, 0) is 25.3 Å². The van der Waals surface area contributed by atoms with E-state index in [0.717, 1.165) is 18.9 Å². The van der Waals surface area contributed by atoms with Crippen LogP contribution in [-0.4, -0.2) is 30.8 Å². The molecular weight excluding hydrogens is 220 g/mol. The monoisotopic (exact) mass is 240 g/mol.